The van der Waals surface area contributed by atoms with Crippen LogP contribution >= 0.6 is 23.2 Å². The number of benzene rings is 2. The highest BCUT2D eigenvalue weighted by Crippen LogP contribution is 2.15. The number of carbonyl (C=O) groups excluding carboxylic acids is 2. The molecule has 0 aliphatic heterocycles. The van der Waals surface area contributed by atoms with Crippen molar-refractivity contribution < 1.29 is 19.1 Å². The van der Waals surface area contributed by atoms with Crippen LogP contribution in [-0.2, 0) is 0 Å². The number of ketones is 2. The second-order valence-corrected chi connectivity index (χ2v) is 5.39. The Morgan fingerprint density at radius 2 is 1.00 bits per heavy atom. The molecule has 0 atom stereocenters. The van der Waals surface area contributed by atoms with Gasteiger partial charge in [0.25, 0.3) is 0 Å². The highest BCUT2D eigenvalue weighted by atomic mass is 35.5. The Morgan fingerprint density at radius 1 is 0.667 bits per heavy atom. The highest BCUT2D eigenvalue weighted by molar-refractivity contribution is 6.30. The predicted octanol–water partition coefficient (Wildman–Crippen LogP) is 3.99. The molecule has 0 heterocycles. The summed E-state index contributed by atoms with van der Waals surface area (Å²) in [6.45, 7) is 0.705. The van der Waals surface area contributed by atoms with Crippen molar-refractivity contribution in [3.63, 3.8) is 0 Å². The number of rotatable bonds is 9. The molecule has 6 heteroatoms. The largest absolute Gasteiger partial charge is 0.490 e. The van der Waals surface area contributed by atoms with E-state index in [1.165, 1.54) is 0 Å². The molecule has 0 saturated heterocycles. The zero-order chi connectivity index (χ0) is 17.4. The highest BCUT2D eigenvalue weighted by Gasteiger charge is 2.05. The van der Waals surface area contributed by atoms with Gasteiger partial charge in [0, 0.05) is 11.1 Å². The molecule has 0 N–H and O–H groups in total. The number of halogens is 2. The topological polar surface area (TPSA) is 52.6 Å². The Morgan fingerprint density at radius 3 is 1.29 bits per heavy atom. The summed E-state index contributed by atoms with van der Waals surface area (Å²) in [6, 6.07) is 13.6. The number of hydrogen-bond donors (Lipinski definition) is 0. The van der Waals surface area contributed by atoms with E-state index < -0.39 is 0 Å². The SMILES string of the molecule is O=C(CCl)c1ccc(OCCOc2ccc(C(=O)CCl)cc2)cc1. The molecule has 2 aromatic carbocycles. The maximum absolute atomic E-state index is 11.4. The van der Waals surface area contributed by atoms with Crippen LogP contribution in [0.25, 0.3) is 0 Å². The molecule has 0 amide bonds. The molecule has 0 aliphatic rings. The van der Waals surface area contributed by atoms with Gasteiger partial charge < -0.3 is 9.47 Å². The molecule has 0 spiro atoms. The first-order chi connectivity index (χ1) is 11.6. The van der Waals surface area contributed by atoms with Crippen molar-refractivity contribution in [3.05, 3.63) is 59.7 Å². The average molecular weight is 367 g/mol. The third kappa shape index (κ3) is 5.25. The molecule has 0 radical (unpaired) electrons. The van der Waals surface area contributed by atoms with E-state index in [0.717, 1.165) is 0 Å². The van der Waals surface area contributed by atoms with E-state index in [4.69, 9.17) is 32.7 Å². The minimum absolute atomic E-state index is 0.0384. The summed E-state index contributed by atoms with van der Waals surface area (Å²) >= 11 is 11.0. The number of hydrogen-bond acceptors (Lipinski definition) is 4. The van der Waals surface area contributed by atoms with Crippen LogP contribution in [0.3, 0.4) is 0 Å². The van der Waals surface area contributed by atoms with Crippen LogP contribution in [0.15, 0.2) is 48.5 Å². The summed E-state index contributed by atoms with van der Waals surface area (Å²) in [5, 5.41) is 0. The molecule has 2 aromatic rings. The van der Waals surface area contributed by atoms with Crippen molar-refractivity contribution in [1.29, 1.82) is 0 Å². The number of Topliss-reactive ketones (excluding diaryl/α,β-unsaturated/α-hetero) is 2. The first-order valence-corrected chi connectivity index (χ1v) is 8.35. The zero-order valence-corrected chi connectivity index (χ0v) is 14.3. The molecule has 0 saturated carbocycles. The normalized spacial score (nSPS) is 10.2. The summed E-state index contributed by atoms with van der Waals surface area (Å²) < 4.78 is 11.1. The lowest BCUT2D eigenvalue weighted by molar-refractivity contribution is 0.101. The molecule has 24 heavy (non-hydrogen) atoms. The molecule has 0 bridgehead atoms. The van der Waals surface area contributed by atoms with Gasteiger partial charge in [0.1, 0.15) is 24.7 Å². The molecule has 4 nitrogen and oxygen atoms in total. The van der Waals surface area contributed by atoms with Gasteiger partial charge in [-0.25, -0.2) is 0 Å². The number of carbonyl (C=O) groups is 2. The minimum atomic E-state index is -0.123. The third-order valence-electron chi connectivity index (χ3n) is 3.22. The maximum Gasteiger partial charge on any atom is 0.177 e. The van der Waals surface area contributed by atoms with Gasteiger partial charge in [-0.3, -0.25) is 9.59 Å². The molecule has 0 aliphatic carbocycles. The molecular weight excluding hydrogens is 351 g/mol. The number of alkyl halides is 2. The molecule has 0 unspecified atom stereocenters. The van der Waals surface area contributed by atoms with Gasteiger partial charge in [-0.1, -0.05) is 0 Å². The molecule has 0 fully saturated rings. The van der Waals surface area contributed by atoms with Crippen LogP contribution in [0, 0.1) is 0 Å². The van der Waals surface area contributed by atoms with Gasteiger partial charge in [-0.05, 0) is 48.5 Å². The van der Waals surface area contributed by atoms with Crippen LogP contribution in [0.2, 0.25) is 0 Å². The van der Waals surface area contributed by atoms with Gasteiger partial charge in [0.2, 0.25) is 0 Å². The molecule has 2 rings (SSSR count). The Balaban J connectivity index is 1.76. The lowest BCUT2D eigenvalue weighted by atomic mass is 10.1. The fourth-order valence-electron chi connectivity index (χ4n) is 1.95. The summed E-state index contributed by atoms with van der Waals surface area (Å²) in [6.07, 6.45) is 0. The first kappa shape index (κ1) is 18.3. The van der Waals surface area contributed by atoms with E-state index in [1.807, 2.05) is 0 Å². The van der Waals surface area contributed by atoms with E-state index in [2.05, 4.69) is 0 Å². The summed E-state index contributed by atoms with van der Waals surface area (Å²) in [7, 11) is 0. The quantitative estimate of drug-likeness (QED) is 0.382. The fourth-order valence-corrected chi connectivity index (χ4v) is 2.26. The van der Waals surface area contributed by atoms with Crippen molar-refractivity contribution in [3.8, 4) is 11.5 Å². The zero-order valence-electron chi connectivity index (χ0n) is 12.8. The fraction of sp³-hybridized carbons (Fsp3) is 0.222. The Labute approximate surface area is 150 Å². The minimum Gasteiger partial charge on any atom is -0.490 e. The van der Waals surface area contributed by atoms with Crippen LogP contribution in [-0.4, -0.2) is 36.5 Å². The summed E-state index contributed by atoms with van der Waals surface area (Å²) in [5.41, 5.74) is 1.11. The van der Waals surface area contributed by atoms with Crippen LogP contribution in [0.1, 0.15) is 20.7 Å². The van der Waals surface area contributed by atoms with Crippen LogP contribution < -0.4 is 9.47 Å². The van der Waals surface area contributed by atoms with Gasteiger partial charge in [-0.2, -0.15) is 0 Å². The van der Waals surface area contributed by atoms with Crippen molar-refractivity contribution in [2.24, 2.45) is 0 Å². The smallest absolute Gasteiger partial charge is 0.177 e. The Bertz CT molecular complexity index is 620. The lowest BCUT2D eigenvalue weighted by Gasteiger charge is -2.09. The van der Waals surface area contributed by atoms with Gasteiger partial charge in [0.05, 0.1) is 11.8 Å². The first-order valence-electron chi connectivity index (χ1n) is 7.28. The monoisotopic (exact) mass is 366 g/mol. The second kappa shape index (κ2) is 9.30. The van der Waals surface area contributed by atoms with Gasteiger partial charge in [0.15, 0.2) is 11.6 Å². The van der Waals surface area contributed by atoms with Crippen molar-refractivity contribution >= 4 is 34.8 Å². The lowest BCUT2D eigenvalue weighted by Crippen LogP contribution is -2.09. The molecule has 0 aromatic heterocycles. The van der Waals surface area contributed by atoms with Crippen LogP contribution in [0.4, 0.5) is 0 Å². The van der Waals surface area contributed by atoms with Gasteiger partial charge in [-0.15, -0.1) is 23.2 Å². The van der Waals surface area contributed by atoms with Gasteiger partial charge >= 0.3 is 0 Å². The number of ether oxygens (including phenoxy) is 2. The van der Waals surface area contributed by atoms with E-state index in [1.54, 1.807) is 48.5 Å². The molecular formula is C18H16Cl2O4. The maximum atomic E-state index is 11.4. The second-order valence-electron chi connectivity index (χ2n) is 4.86. The van der Waals surface area contributed by atoms with Crippen molar-refractivity contribution in [2.45, 2.75) is 0 Å². The van der Waals surface area contributed by atoms with E-state index in [-0.39, 0.29) is 23.3 Å². The standard InChI is InChI=1S/C18H16Cl2O4/c19-11-17(21)13-1-5-15(6-2-13)23-9-10-24-16-7-3-14(4-8-16)18(22)12-20/h1-8H,9-12H2. The molecule has 126 valence electrons. The van der Waals surface area contributed by atoms with E-state index in [0.29, 0.717) is 35.8 Å². The van der Waals surface area contributed by atoms with E-state index >= 15 is 0 Å². The Hall–Kier alpha value is -2.04. The van der Waals surface area contributed by atoms with Crippen LogP contribution in [0.5, 0.6) is 11.5 Å². The third-order valence-corrected chi connectivity index (χ3v) is 3.70. The van der Waals surface area contributed by atoms with Crippen molar-refractivity contribution in [1.82, 2.24) is 0 Å². The Kier molecular flexibility index (Phi) is 7.09. The summed E-state index contributed by atoms with van der Waals surface area (Å²) in [5.74, 6) is 0.970. The predicted molar refractivity (Wildman–Crippen MR) is 94.0 cm³/mol. The summed E-state index contributed by atoms with van der Waals surface area (Å²) in [4.78, 5) is 22.8. The van der Waals surface area contributed by atoms with Crippen molar-refractivity contribution in [2.75, 3.05) is 25.0 Å². The van der Waals surface area contributed by atoms with E-state index in [9.17, 15) is 9.59 Å². The average Bonchev–Trinajstić information content (AvgIpc) is 2.65.